The molecule has 1 aliphatic rings. The van der Waals surface area contributed by atoms with E-state index in [1.54, 1.807) is 0 Å². The topological polar surface area (TPSA) is 53.8 Å². The molecule has 1 unspecified atom stereocenters. The first-order chi connectivity index (χ1) is 5.81. The van der Waals surface area contributed by atoms with Gasteiger partial charge in [-0.15, -0.1) is 0 Å². The van der Waals surface area contributed by atoms with Gasteiger partial charge < -0.3 is 16.0 Å². The SMILES string of the molecule is Cc1cc2c([nH]1)C(CN)NCC2. The minimum absolute atomic E-state index is 0.336. The summed E-state index contributed by atoms with van der Waals surface area (Å²) in [4.78, 5) is 3.36. The number of nitrogens with two attached hydrogens (primary N) is 1. The molecule has 0 fully saturated rings. The van der Waals surface area contributed by atoms with Crippen molar-refractivity contribution in [3.05, 3.63) is 23.0 Å². The summed E-state index contributed by atoms with van der Waals surface area (Å²) in [6, 6.07) is 2.56. The molecule has 1 atom stereocenters. The van der Waals surface area contributed by atoms with Crippen LogP contribution in [0.25, 0.3) is 0 Å². The fraction of sp³-hybridized carbons (Fsp3) is 0.556. The molecule has 0 amide bonds. The van der Waals surface area contributed by atoms with E-state index in [0.29, 0.717) is 12.6 Å². The molecular formula is C9H15N3. The standard InChI is InChI=1S/C9H15N3/c1-6-4-7-2-3-11-8(5-10)9(7)12-6/h4,8,11-12H,2-3,5,10H2,1H3. The Balaban J connectivity index is 2.36. The molecule has 1 aliphatic heterocycles. The summed E-state index contributed by atoms with van der Waals surface area (Å²) >= 11 is 0. The van der Waals surface area contributed by atoms with Crippen LogP contribution in [0, 0.1) is 6.92 Å². The Morgan fingerprint density at radius 2 is 2.50 bits per heavy atom. The van der Waals surface area contributed by atoms with E-state index >= 15 is 0 Å². The summed E-state index contributed by atoms with van der Waals surface area (Å²) < 4.78 is 0. The second kappa shape index (κ2) is 2.92. The molecule has 0 bridgehead atoms. The fourth-order valence-electron chi connectivity index (χ4n) is 1.87. The molecule has 3 heteroatoms. The van der Waals surface area contributed by atoms with Gasteiger partial charge in [0.05, 0.1) is 6.04 Å². The third kappa shape index (κ3) is 1.15. The highest BCUT2D eigenvalue weighted by atomic mass is 15.0. The Morgan fingerprint density at radius 3 is 3.25 bits per heavy atom. The number of aromatic amines is 1. The van der Waals surface area contributed by atoms with Gasteiger partial charge in [0.1, 0.15) is 0 Å². The molecule has 0 saturated carbocycles. The van der Waals surface area contributed by atoms with Crippen LogP contribution < -0.4 is 11.1 Å². The molecular weight excluding hydrogens is 150 g/mol. The minimum Gasteiger partial charge on any atom is -0.361 e. The first kappa shape index (κ1) is 7.83. The third-order valence-corrected chi connectivity index (χ3v) is 2.44. The average molecular weight is 165 g/mol. The van der Waals surface area contributed by atoms with Crippen molar-refractivity contribution in [3.8, 4) is 0 Å². The Kier molecular flexibility index (Phi) is 1.90. The van der Waals surface area contributed by atoms with Crippen LogP contribution in [0.15, 0.2) is 6.07 Å². The molecule has 12 heavy (non-hydrogen) atoms. The number of rotatable bonds is 1. The molecule has 0 saturated heterocycles. The van der Waals surface area contributed by atoms with Crippen LogP contribution in [0.5, 0.6) is 0 Å². The molecule has 2 heterocycles. The highest BCUT2D eigenvalue weighted by Gasteiger charge is 2.19. The summed E-state index contributed by atoms with van der Waals surface area (Å²) in [7, 11) is 0. The molecule has 0 spiro atoms. The molecule has 1 aromatic heterocycles. The summed E-state index contributed by atoms with van der Waals surface area (Å²) in [6.45, 7) is 3.81. The number of fused-ring (bicyclic) bond motifs is 1. The predicted octanol–water partition coefficient (Wildman–Crippen LogP) is 0.469. The van der Waals surface area contributed by atoms with E-state index in [1.165, 1.54) is 17.0 Å². The van der Waals surface area contributed by atoms with Gasteiger partial charge in [-0.1, -0.05) is 0 Å². The monoisotopic (exact) mass is 165 g/mol. The number of aryl methyl sites for hydroxylation is 1. The Morgan fingerprint density at radius 1 is 1.67 bits per heavy atom. The summed E-state index contributed by atoms with van der Waals surface area (Å²) in [6.07, 6.45) is 1.12. The van der Waals surface area contributed by atoms with E-state index in [-0.39, 0.29) is 0 Å². The number of hydrogen-bond acceptors (Lipinski definition) is 2. The van der Waals surface area contributed by atoms with Crippen molar-refractivity contribution in [3.63, 3.8) is 0 Å². The highest BCUT2D eigenvalue weighted by Crippen LogP contribution is 2.21. The lowest BCUT2D eigenvalue weighted by Crippen LogP contribution is -2.34. The zero-order valence-electron chi connectivity index (χ0n) is 7.35. The first-order valence-corrected chi connectivity index (χ1v) is 4.43. The second-order valence-electron chi connectivity index (χ2n) is 3.38. The van der Waals surface area contributed by atoms with Gasteiger partial charge in [0.2, 0.25) is 0 Å². The molecule has 66 valence electrons. The largest absolute Gasteiger partial charge is 0.361 e. The van der Waals surface area contributed by atoms with E-state index in [1.807, 2.05) is 0 Å². The predicted molar refractivity (Wildman–Crippen MR) is 49.0 cm³/mol. The third-order valence-electron chi connectivity index (χ3n) is 2.44. The Hall–Kier alpha value is -0.800. The molecule has 1 aromatic rings. The molecule has 0 radical (unpaired) electrons. The van der Waals surface area contributed by atoms with Crippen molar-refractivity contribution in [2.24, 2.45) is 5.73 Å². The van der Waals surface area contributed by atoms with Gasteiger partial charge >= 0.3 is 0 Å². The van der Waals surface area contributed by atoms with E-state index in [4.69, 9.17) is 5.73 Å². The average Bonchev–Trinajstić information content (AvgIpc) is 2.44. The normalized spacial score (nSPS) is 22.3. The van der Waals surface area contributed by atoms with Crippen molar-refractivity contribution >= 4 is 0 Å². The lowest BCUT2D eigenvalue weighted by Gasteiger charge is -2.22. The summed E-state index contributed by atoms with van der Waals surface area (Å²) in [5.41, 5.74) is 9.61. The number of aromatic nitrogens is 1. The maximum absolute atomic E-state index is 5.64. The molecule has 3 nitrogen and oxygen atoms in total. The van der Waals surface area contributed by atoms with Gasteiger partial charge in [-0.3, -0.25) is 0 Å². The van der Waals surface area contributed by atoms with E-state index in [0.717, 1.165) is 13.0 Å². The van der Waals surface area contributed by atoms with Crippen LogP contribution in [0.1, 0.15) is 23.0 Å². The molecule has 0 aliphatic carbocycles. The zero-order chi connectivity index (χ0) is 8.55. The fourth-order valence-corrected chi connectivity index (χ4v) is 1.87. The summed E-state index contributed by atoms with van der Waals surface area (Å²) in [5.74, 6) is 0. The zero-order valence-corrected chi connectivity index (χ0v) is 7.35. The van der Waals surface area contributed by atoms with Crippen LogP contribution in [-0.2, 0) is 6.42 Å². The lowest BCUT2D eigenvalue weighted by atomic mass is 10.0. The quantitative estimate of drug-likeness (QED) is 0.566. The van der Waals surface area contributed by atoms with Crippen LogP contribution in [-0.4, -0.2) is 18.1 Å². The smallest absolute Gasteiger partial charge is 0.0600 e. The number of nitrogens with one attached hydrogen (secondary N) is 2. The van der Waals surface area contributed by atoms with Crippen LogP contribution >= 0.6 is 0 Å². The van der Waals surface area contributed by atoms with Gasteiger partial charge in [0, 0.05) is 17.9 Å². The van der Waals surface area contributed by atoms with Crippen molar-refractivity contribution in [1.29, 1.82) is 0 Å². The van der Waals surface area contributed by atoms with E-state index in [9.17, 15) is 0 Å². The highest BCUT2D eigenvalue weighted by molar-refractivity contribution is 5.30. The number of hydrogen-bond donors (Lipinski definition) is 3. The second-order valence-corrected chi connectivity index (χ2v) is 3.38. The molecule has 4 N–H and O–H groups in total. The van der Waals surface area contributed by atoms with Crippen LogP contribution in [0.4, 0.5) is 0 Å². The van der Waals surface area contributed by atoms with E-state index < -0.39 is 0 Å². The van der Waals surface area contributed by atoms with Crippen LogP contribution in [0.3, 0.4) is 0 Å². The maximum Gasteiger partial charge on any atom is 0.0600 e. The van der Waals surface area contributed by atoms with Gasteiger partial charge in [-0.25, -0.2) is 0 Å². The van der Waals surface area contributed by atoms with Crippen molar-refractivity contribution in [1.82, 2.24) is 10.3 Å². The van der Waals surface area contributed by atoms with Crippen molar-refractivity contribution < 1.29 is 0 Å². The molecule has 0 aromatic carbocycles. The van der Waals surface area contributed by atoms with Gasteiger partial charge in [-0.05, 0) is 31.5 Å². The first-order valence-electron chi connectivity index (χ1n) is 4.43. The minimum atomic E-state index is 0.336. The van der Waals surface area contributed by atoms with Gasteiger partial charge in [-0.2, -0.15) is 0 Å². The van der Waals surface area contributed by atoms with Gasteiger partial charge in [0.15, 0.2) is 0 Å². The van der Waals surface area contributed by atoms with Crippen molar-refractivity contribution in [2.45, 2.75) is 19.4 Å². The molecule has 2 rings (SSSR count). The Labute approximate surface area is 72.3 Å². The van der Waals surface area contributed by atoms with E-state index in [2.05, 4.69) is 23.3 Å². The van der Waals surface area contributed by atoms with Crippen molar-refractivity contribution in [2.75, 3.05) is 13.1 Å². The Bertz CT molecular complexity index is 277. The summed E-state index contributed by atoms with van der Waals surface area (Å²) in [5, 5.41) is 3.38. The lowest BCUT2D eigenvalue weighted by molar-refractivity contribution is 0.504. The number of H-pyrrole nitrogens is 1. The maximum atomic E-state index is 5.64. The van der Waals surface area contributed by atoms with Crippen LogP contribution in [0.2, 0.25) is 0 Å². The van der Waals surface area contributed by atoms with Gasteiger partial charge in [0.25, 0.3) is 0 Å².